The lowest BCUT2D eigenvalue weighted by atomic mass is 9.87. The molecule has 1 aromatic rings. The molecule has 0 amide bonds. The molecule has 1 atom stereocenters. The Morgan fingerprint density at radius 3 is 2.72 bits per heavy atom. The normalized spacial score (nSPS) is 20.1. The number of rotatable bonds is 4. The topological polar surface area (TPSA) is 111 Å². The lowest BCUT2D eigenvalue weighted by Gasteiger charge is -2.28. The van der Waals surface area contributed by atoms with E-state index in [4.69, 9.17) is 14.2 Å². The highest BCUT2D eigenvalue weighted by Crippen LogP contribution is 2.41. The molecule has 25 heavy (non-hydrogen) atoms. The van der Waals surface area contributed by atoms with E-state index in [0.717, 1.165) is 0 Å². The number of fused-ring (bicyclic) bond motifs is 2. The van der Waals surface area contributed by atoms with Crippen LogP contribution in [0, 0.1) is 11.3 Å². The number of ether oxygens (including phenoxy) is 3. The van der Waals surface area contributed by atoms with Crippen molar-refractivity contribution in [3.05, 3.63) is 33.2 Å². The van der Waals surface area contributed by atoms with Crippen LogP contribution < -0.4 is 5.56 Å². The van der Waals surface area contributed by atoms with E-state index in [-0.39, 0.29) is 24.2 Å². The molecular weight excluding hydrogens is 328 g/mol. The number of nitriles is 1. The number of carbonyl (C=O) groups excluding carboxylic acids is 1. The molecule has 8 heteroatoms. The molecule has 1 aromatic heterocycles. The largest absolute Gasteiger partial charge is 0.464 e. The van der Waals surface area contributed by atoms with Gasteiger partial charge in [0.1, 0.15) is 11.6 Å². The fourth-order valence-corrected chi connectivity index (χ4v) is 3.45. The maximum Gasteiger partial charge on any atom is 0.342 e. The van der Waals surface area contributed by atoms with Crippen LogP contribution in [-0.2, 0) is 36.9 Å². The van der Waals surface area contributed by atoms with Crippen molar-refractivity contribution in [1.82, 2.24) is 4.57 Å². The first-order valence-electron chi connectivity index (χ1n) is 8.30. The minimum atomic E-state index is -2.09. The zero-order valence-electron chi connectivity index (χ0n) is 14.2. The number of esters is 1. The molecule has 0 aromatic carbocycles. The van der Waals surface area contributed by atoms with Crippen LogP contribution in [0.25, 0.3) is 0 Å². The van der Waals surface area contributed by atoms with E-state index in [2.05, 4.69) is 0 Å². The smallest absolute Gasteiger partial charge is 0.342 e. The second-order valence-corrected chi connectivity index (χ2v) is 6.02. The second kappa shape index (κ2) is 6.26. The molecule has 8 nitrogen and oxygen atoms in total. The van der Waals surface area contributed by atoms with E-state index in [1.54, 1.807) is 13.8 Å². The Morgan fingerprint density at radius 1 is 1.48 bits per heavy atom. The van der Waals surface area contributed by atoms with Gasteiger partial charge >= 0.3 is 5.97 Å². The van der Waals surface area contributed by atoms with Gasteiger partial charge in [0.05, 0.1) is 25.5 Å². The van der Waals surface area contributed by atoms with Crippen LogP contribution in [0.1, 0.15) is 43.5 Å². The van der Waals surface area contributed by atoms with E-state index in [1.165, 1.54) is 10.6 Å². The first-order chi connectivity index (χ1) is 11.9. The molecule has 0 saturated carbocycles. The first kappa shape index (κ1) is 17.6. The van der Waals surface area contributed by atoms with Gasteiger partial charge in [-0.1, -0.05) is 6.92 Å². The highest BCUT2D eigenvalue weighted by Gasteiger charge is 2.48. The quantitative estimate of drug-likeness (QED) is 0.788. The van der Waals surface area contributed by atoms with Crippen molar-refractivity contribution in [2.75, 3.05) is 19.8 Å². The van der Waals surface area contributed by atoms with Crippen LogP contribution in [0.2, 0.25) is 0 Å². The van der Waals surface area contributed by atoms with Crippen LogP contribution in [-0.4, -0.2) is 35.5 Å². The standard InChI is InChI=1S/C17H20N2O6/c1-3-16(22,15(21)23-4-2)12-9-13-17(24-7-8-25-17)5-6-19(13)14(20)11(12)10-18/h9,22H,3-8H2,1-2H3/t16-/m0/s1. The predicted octanol–water partition coefficient (Wildman–Crippen LogP) is 0.484. The third-order valence-corrected chi connectivity index (χ3v) is 4.79. The first-order valence-corrected chi connectivity index (χ1v) is 8.30. The zero-order valence-corrected chi connectivity index (χ0v) is 14.2. The average Bonchev–Trinajstić information content (AvgIpc) is 3.23. The van der Waals surface area contributed by atoms with E-state index in [1.807, 2.05) is 6.07 Å². The Labute approximate surface area is 144 Å². The van der Waals surface area contributed by atoms with E-state index in [0.29, 0.717) is 31.9 Å². The molecule has 1 N–H and O–H groups in total. The summed E-state index contributed by atoms with van der Waals surface area (Å²) in [5.41, 5.74) is -2.57. The van der Waals surface area contributed by atoms with Crippen molar-refractivity contribution in [3.8, 4) is 6.07 Å². The van der Waals surface area contributed by atoms with E-state index < -0.39 is 22.9 Å². The number of carbonyl (C=O) groups is 1. The summed E-state index contributed by atoms with van der Waals surface area (Å²) in [5.74, 6) is -1.95. The fourth-order valence-electron chi connectivity index (χ4n) is 3.45. The average molecular weight is 348 g/mol. The third kappa shape index (κ3) is 2.47. The molecule has 0 radical (unpaired) electrons. The van der Waals surface area contributed by atoms with Gasteiger partial charge < -0.3 is 23.9 Å². The lowest BCUT2D eigenvalue weighted by Crippen LogP contribution is -2.41. The molecule has 3 rings (SSSR count). The summed E-state index contributed by atoms with van der Waals surface area (Å²) in [5, 5.41) is 20.4. The van der Waals surface area contributed by atoms with Crippen molar-refractivity contribution < 1.29 is 24.1 Å². The van der Waals surface area contributed by atoms with Gasteiger partial charge in [0.25, 0.3) is 5.56 Å². The van der Waals surface area contributed by atoms with Crippen molar-refractivity contribution >= 4 is 5.97 Å². The number of aliphatic hydroxyl groups is 1. The van der Waals surface area contributed by atoms with Gasteiger partial charge in [-0.15, -0.1) is 0 Å². The maximum absolute atomic E-state index is 12.8. The Bertz CT molecular complexity index is 803. The van der Waals surface area contributed by atoms with Crippen LogP contribution in [0.4, 0.5) is 0 Å². The Kier molecular flexibility index (Phi) is 4.41. The van der Waals surface area contributed by atoms with Gasteiger partial charge in [-0.3, -0.25) is 4.79 Å². The molecule has 134 valence electrons. The van der Waals surface area contributed by atoms with Crippen molar-refractivity contribution in [3.63, 3.8) is 0 Å². The van der Waals surface area contributed by atoms with Gasteiger partial charge in [0.15, 0.2) is 5.60 Å². The summed E-state index contributed by atoms with van der Waals surface area (Å²) in [6.07, 6.45) is 0.388. The Balaban J connectivity index is 2.24. The van der Waals surface area contributed by atoms with Crippen LogP contribution in [0.5, 0.6) is 0 Å². The molecule has 1 spiro atoms. The highest BCUT2D eigenvalue weighted by atomic mass is 16.7. The van der Waals surface area contributed by atoms with Gasteiger partial charge in [0, 0.05) is 18.5 Å². The molecular formula is C17H20N2O6. The predicted molar refractivity (Wildman–Crippen MR) is 84.4 cm³/mol. The molecule has 1 saturated heterocycles. The SMILES string of the molecule is CCOC(=O)[C@](O)(CC)c1cc2n(c(=O)c1C#N)CCC21OCCO1. The number of hydrogen-bond donors (Lipinski definition) is 1. The molecule has 1 fully saturated rings. The van der Waals surface area contributed by atoms with Crippen LogP contribution >= 0.6 is 0 Å². The number of pyridine rings is 1. The van der Waals surface area contributed by atoms with E-state index >= 15 is 0 Å². The van der Waals surface area contributed by atoms with Crippen molar-refractivity contribution in [1.29, 1.82) is 5.26 Å². The maximum atomic E-state index is 12.8. The Hall–Kier alpha value is -2.21. The van der Waals surface area contributed by atoms with E-state index in [9.17, 15) is 20.0 Å². The van der Waals surface area contributed by atoms with Crippen LogP contribution in [0.15, 0.2) is 10.9 Å². The summed E-state index contributed by atoms with van der Waals surface area (Å²) in [6, 6.07) is 3.30. The van der Waals surface area contributed by atoms with Gasteiger partial charge in [0.2, 0.25) is 5.79 Å². The minimum absolute atomic E-state index is 0.0435. The zero-order chi connectivity index (χ0) is 18.2. The van der Waals surface area contributed by atoms with Gasteiger partial charge in [-0.2, -0.15) is 5.26 Å². The monoisotopic (exact) mass is 348 g/mol. The third-order valence-electron chi connectivity index (χ3n) is 4.79. The molecule has 3 heterocycles. The van der Waals surface area contributed by atoms with Gasteiger partial charge in [-0.05, 0) is 19.4 Å². The van der Waals surface area contributed by atoms with Crippen molar-refractivity contribution in [2.45, 2.75) is 44.6 Å². The number of nitrogens with zero attached hydrogens (tertiary/aromatic N) is 2. The number of hydrogen-bond acceptors (Lipinski definition) is 7. The second-order valence-electron chi connectivity index (χ2n) is 6.02. The molecule has 2 aliphatic heterocycles. The summed E-state index contributed by atoms with van der Waals surface area (Å²) in [4.78, 5) is 25.1. The van der Waals surface area contributed by atoms with Gasteiger partial charge in [-0.25, -0.2) is 4.79 Å². The minimum Gasteiger partial charge on any atom is -0.464 e. The number of aromatic nitrogens is 1. The molecule has 0 unspecified atom stereocenters. The summed E-state index contributed by atoms with van der Waals surface area (Å²) in [6.45, 7) is 4.39. The molecule has 0 aliphatic carbocycles. The van der Waals surface area contributed by atoms with Crippen LogP contribution in [0.3, 0.4) is 0 Å². The summed E-state index contributed by atoms with van der Waals surface area (Å²) < 4.78 is 17.8. The fraction of sp³-hybridized carbons (Fsp3) is 0.588. The summed E-state index contributed by atoms with van der Waals surface area (Å²) in [7, 11) is 0. The van der Waals surface area contributed by atoms with Crippen molar-refractivity contribution in [2.24, 2.45) is 0 Å². The lowest BCUT2D eigenvalue weighted by molar-refractivity contribution is -0.168. The Morgan fingerprint density at radius 2 is 2.16 bits per heavy atom. The molecule has 2 aliphatic rings. The molecule has 0 bridgehead atoms. The summed E-state index contributed by atoms with van der Waals surface area (Å²) >= 11 is 0. The highest BCUT2D eigenvalue weighted by molar-refractivity contribution is 5.82.